The second kappa shape index (κ2) is 7.68. The van der Waals surface area contributed by atoms with Crippen molar-refractivity contribution < 1.29 is 39.8 Å². The topological polar surface area (TPSA) is 175 Å². The Hall–Kier alpha value is -3.69. The van der Waals surface area contributed by atoms with Gasteiger partial charge >= 0.3 is 0 Å². The molecular weight excluding hydrogens is 360 g/mol. The molecule has 0 aromatic heterocycles. The molecule has 2 rings (SSSR count). The fourth-order valence-electron chi connectivity index (χ4n) is 2.31. The molecule has 10 nitrogen and oxygen atoms in total. The predicted molar refractivity (Wildman–Crippen MR) is 95.9 cm³/mol. The predicted octanol–water partition coefficient (Wildman–Crippen LogP) is 1.85. The Morgan fingerprint density at radius 1 is 0.889 bits per heavy atom. The molecule has 27 heavy (non-hydrogen) atoms. The Bertz CT molecular complexity index is 853. The van der Waals surface area contributed by atoms with Crippen molar-refractivity contribution in [2.75, 3.05) is 24.3 Å². The number of anilines is 2. The number of nitrogen functional groups attached to an aromatic ring is 1. The van der Waals surface area contributed by atoms with Crippen LogP contribution in [0.25, 0.3) is 0 Å². The van der Waals surface area contributed by atoms with E-state index < -0.39 is 40.2 Å². The number of phenolic OH excluding ortho intramolecular Hbond substituents is 5. The molecular formula is C17H20N2O8. The van der Waals surface area contributed by atoms with E-state index >= 15 is 0 Å². The smallest absolute Gasteiger partial charge is 0.263 e. The molecule has 1 amide bonds. The fraction of sp³-hybridized carbons (Fsp3) is 0.235. The molecule has 0 aliphatic heterocycles. The number of rotatable bonds is 6. The van der Waals surface area contributed by atoms with Crippen molar-refractivity contribution in [2.45, 2.75) is 13.8 Å². The number of hydrogen-bond acceptors (Lipinski definition) is 9. The maximum absolute atomic E-state index is 12.5. The molecule has 10 heteroatoms. The van der Waals surface area contributed by atoms with Crippen LogP contribution in [0.4, 0.5) is 11.4 Å². The summed E-state index contributed by atoms with van der Waals surface area (Å²) in [7, 11) is 0. The maximum atomic E-state index is 12.5. The van der Waals surface area contributed by atoms with Gasteiger partial charge in [0.15, 0.2) is 11.5 Å². The monoisotopic (exact) mass is 380 g/mol. The van der Waals surface area contributed by atoms with E-state index in [-0.39, 0.29) is 29.5 Å². The summed E-state index contributed by atoms with van der Waals surface area (Å²) in [5, 5.41) is 50.7. The maximum Gasteiger partial charge on any atom is 0.263 e. The van der Waals surface area contributed by atoms with Crippen LogP contribution in [-0.2, 0) is 0 Å². The summed E-state index contributed by atoms with van der Waals surface area (Å²) in [6.45, 7) is 4.03. The molecule has 0 bridgehead atoms. The highest BCUT2D eigenvalue weighted by atomic mass is 16.5. The summed E-state index contributed by atoms with van der Waals surface area (Å²) in [4.78, 5) is 12.5. The van der Waals surface area contributed by atoms with Crippen molar-refractivity contribution in [1.82, 2.24) is 0 Å². The quantitative estimate of drug-likeness (QED) is 0.224. The molecule has 0 saturated carbocycles. The minimum Gasteiger partial charge on any atom is -0.504 e. The number of nitrogens with two attached hydrogens (primary N) is 1. The van der Waals surface area contributed by atoms with E-state index in [2.05, 4.69) is 5.32 Å². The minimum absolute atomic E-state index is 0.102. The second-order valence-corrected chi connectivity index (χ2v) is 5.32. The van der Waals surface area contributed by atoms with E-state index in [1.54, 1.807) is 13.8 Å². The molecule has 0 radical (unpaired) electrons. The number of carbonyl (C=O) groups excluding carboxylic acids is 1. The summed E-state index contributed by atoms with van der Waals surface area (Å²) < 4.78 is 10.8. The number of amides is 1. The highest BCUT2D eigenvalue weighted by molar-refractivity contribution is 6.10. The third kappa shape index (κ3) is 3.64. The van der Waals surface area contributed by atoms with Crippen LogP contribution in [0, 0.1) is 0 Å². The minimum atomic E-state index is -1.16. The lowest BCUT2D eigenvalue weighted by Crippen LogP contribution is -2.14. The van der Waals surface area contributed by atoms with E-state index in [0.29, 0.717) is 6.61 Å². The highest BCUT2D eigenvalue weighted by Crippen LogP contribution is 2.51. The zero-order valence-corrected chi connectivity index (χ0v) is 14.6. The molecule has 2 aromatic rings. The molecule has 0 saturated heterocycles. The van der Waals surface area contributed by atoms with Gasteiger partial charge in [0.1, 0.15) is 17.1 Å². The van der Waals surface area contributed by atoms with Gasteiger partial charge in [0.2, 0.25) is 17.2 Å². The average Bonchev–Trinajstić information content (AvgIpc) is 2.62. The van der Waals surface area contributed by atoms with Gasteiger partial charge in [-0.25, -0.2) is 0 Å². The van der Waals surface area contributed by atoms with Gasteiger partial charge in [-0.05, 0) is 13.8 Å². The number of carbonyl (C=O) groups is 1. The van der Waals surface area contributed by atoms with Gasteiger partial charge in [0.25, 0.3) is 5.91 Å². The van der Waals surface area contributed by atoms with Crippen LogP contribution in [0.1, 0.15) is 24.2 Å². The first-order chi connectivity index (χ1) is 12.7. The Labute approximate surface area is 154 Å². The molecule has 0 heterocycles. The highest BCUT2D eigenvalue weighted by Gasteiger charge is 2.28. The summed E-state index contributed by atoms with van der Waals surface area (Å²) in [6.07, 6.45) is 0. The first kappa shape index (κ1) is 19.6. The largest absolute Gasteiger partial charge is 0.504 e. The first-order valence-corrected chi connectivity index (χ1v) is 7.92. The van der Waals surface area contributed by atoms with Gasteiger partial charge in [-0.3, -0.25) is 4.79 Å². The molecule has 146 valence electrons. The van der Waals surface area contributed by atoms with Gasteiger partial charge in [-0.15, -0.1) is 0 Å². The van der Waals surface area contributed by atoms with Gasteiger partial charge in [-0.2, -0.15) is 0 Å². The molecule has 0 fully saturated rings. The number of phenols is 5. The number of benzene rings is 2. The molecule has 0 spiro atoms. The number of hydrogen-bond donors (Lipinski definition) is 7. The second-order valence-electron chi connectivity index (χ2n) is 5.32. The summed E-state index contributed by atoms with van der Waals surface area (Å²) >= 11 is 0. The molecule has 0 aliphatic carbocycles. The van der Waals surface area contributed by atoms with Crippen molar-refractivity contribution in [1.29, 1.82) is 0 Å². The van der Waals surface area contributed by atoms with Gasteiger partial charge in [0.05, 0.1) is 24.6 Å². The van der Waals surface area contributed by atoms with Crippen LogP contribution in [0.2, 0.25) is 0 Å². The first-order valence-electron chi connectivity index (χ1n) is 7.92. The lowest BCUT2D eigenvalue weighted by Gasteiger charge is -2.17. The van der Waals surface area contributed by atoms with Crippen molar-refractivity contribution in [3.63, 3.8) is 0 Å². The van der Waals surface area contributed by atoms with Crippen molar-refractivity contribution >= 4 is 17.3 Å². The van der Waals surface area contributed by atoms with Crippen LogP contribution in [0.3, 0.4) is 0 Å². The van der Waals surface area contributed by atoms with E-state index in [9.17, 15) is 30.3 Å². The number of ether oxygens (including phenoxy) is 2. The Morgan fingerprint density at radius 2 is 1.37 bits per heavy atom. The van der Waals surface area contributed by atoms with Crippen molar-refractivity contribution in [3.05, 3.63) is 17.7 Å². The SMILES string of the molecule is CCOc1cc(NC(=O)c2c(O)c(O)c(O)c(O)c2O)c(OCC)cc1N. The standard InChI is InChI=1S/C17H20N2O8/c1-3-26-9-6-8(10(27-4-2)5-7(9)18)19-17(25)11-12(20)14(22)16(24)15(23)13(11)21/h5-6,20-24H,3-4,18H2,1-2H3,(H,19,25). The molecule has 0 unspecified atom stereocenters. The Morgan fingerprint density at radius 3 is 1.89 bits per heavy atom. The lowest BCUT2D eigenvalue weighted by molar-refractivity contribution is 0.101. The molecule has 8 N–H and O–H groups in total. The summed E-state index contributed by atoms with van der Waals surface area (Å²) in [6, 6.07) is 2.81. The fourth-order valence-corrected chi connectivity index (χ4v) is 2.31. The molecule has 2 aromatic carbocycles. The van der Waals surface area contributed by atoms with E-state index in [1.807, 2.05) is 0 Å². The van der Waals surface area contributed by atoms with Crippen LogP contribution in [0.5, 0.6) is 40.2 Å². The normalized spacial score (nSPS) is 10.4. The van der Waals surface area contributed by atoms with E-state index in [1.165, 1.54) is 12.1 Å². The van der Waals surface area contributed by atoms with E-state index in [4.69, 9.17) is 15.2 Å². The van der Waals surface area contributed by atoms with Crippen LogP contribution >= 0.6 is 0 Å². The Kier molecular flexibility index (Phi) is 5.59. The summed E-state index contributed by atoms with van der Waals surface area (Å²) in [5.41, 5.74) is 5.38. The van der Waals surface area contributed by atoms with Crippen LogP contribution in [-0.4, -0.2) is 44.7 Å². The van der Waals surface area contributed by atoms with Crippen LogP contribution in [0.15, 0.2) is 12.1 Å². The lowest BCUT2D eigenvalue weighted by atomic mass is 10.1. The van der Waals surface area contributed by atoms with Crippen LogP contribution < -0.4 is 20.5 Å². The van der Waals surface area contributed by atoms with Gasteiger partial charge < -0.3 is 46.1 Å². The average molecular weight is 380 g/mol. The number of aromatic hydroxyl groups is 5. The zero-order valence-electron chi connectivity index (χ0n) is 14.6. The van der Waals surface area contributed by atoms with Crippen molar-refractivity contribution in [2.24, 2.45) is 0 Å². The Balaban J connectivity index is 2.51. The number of nitrogens with one attached hydrogen (secondary N) is 1. The molecule has 0 aliphatic rings. The zero-order chi connectivity index (χ0) is 20.3. The van der Waals surface area contributed by atoms with Gasteiger partial charge in [0, 0.05) is 12.1 Å². The molecule has 0 atom stereocenters. The third-order valence-corrected chi connectivity index (χ3v) is 3.56. The van der Waals surface area contributed by atoms with E-state index in [0.717, 1.165) is 0 Å². The van der Waals surface area contributed by atoms with Gasteiger partial charge in [-0.1, -0.05) is 0 Å². The summed E-state index contributed by atoms with van der Waals surface area (Å²) in [5.74, 6) is -6.34. The van der Waals surface area contributed by atoms with Crippen molar-refractivity contribution in [3.8, 4) is 40.2 Å². The third-order valence-electron chi connectivity index (χ3n) is 3.56.